The first-order valence-electron chi connectivity index (χ1n) is 2.73. The monoisotopic (exact) mass is 154 g/mol. The Labute approximate surface area is 52.8 Å². The molecular formula is C4H8FO3P. The van der Waals surface area contributed by atoms with Crippen molar-refractivity contribution in [3.63, 3.8) is 0 Å². The quantitative estimate of drug-likeness (QED) is 0.500. The minimum Gasteiger partial charge on any atom is -0.283 e. The Bertz CT molecular complexity index is 149. The summed E-state index contributed by atoms with van der Waals surface area (Å²) >= 11 is 0. The molecule has 3 nitrogen and oxygen atoms in total. The molecule has 1 saturated heterocycles. The molecule has 1 heterocycles. The van der Waals surface area contributed by atoms with Crippen LogP contribution in [0.25, 0.3) is 0 Å². The van der Waals surface area contributed by atoms with Crippen LogP contribution in [0.5, 0.6) is 0 Å². The predicted molar refractivity (Wildman–Crippen MR) is 29.8 cm³/mol. The van der Waals surface area contributed by atoms with E-state index in [9.17, 15) is 8.76 Å². The number of hydrogen-bond acceptors (Lipinski definition) is 3. The molecule has 0 amide bonds. The molecule has 0 bridgehead atoms. The number of rotatable bonds is 0. The molecule has 0 N–H and O–H groups in total. The molecule has 0 aromatic heterocycles. The van der Waals surface area contributed by atoms with Crippen LogP contribution in [0.2, 0.25) is 0 Å². The molecule has 0 spiro atoms. The molecule has 1 rings (SSSR count). The van der Waals surface area contributed by atoms with Gasteiger partial charge in [0.1, 0.15) is 0 Å². The van der Waals surface area contributed by atoms with Gasteiger partial charge in [0.25, 0.3) is 0 Å². The van der Waals surface area contributed by atoms with Crippen molar-refractivity contribution < 1.29 is 17.8 Å². The first-order chi connectivity index (χ1) is 4.10. The average molecular weight is 154 g/mol. The third kappa shape index (κ3) is 2.05. The van der Waals surface area contributed by atoms with E-state index in [4.69, 9.17) is 0 Å². The van der Waals surface area contributed by atoms with E-state index in [1.54, 1.807) is 6.92 Å². The highest BCUT2D eigenvalue weighted by Gasteiger charge is 2.31. The van der Waals surface area contributed by atoms with Gasteiger partial charge in [0.2, 0.25) is 0 Å². The van der Waals surface area contributed by atoms with Gasteiger partial charge in [0.15, 0.2) is 0 Å². The van der Waals surface area contributed by atoms with Gasteiger partial charge in [-0.25, -0.2) is 4.57 Å². The van der Waals surface area contributed by atoms with E-state index in [1.807, 2.05) is 0 Å². The minimum absolute atomic E-state index is 0.189. The van der Waals surface area contributed by atoms with Gasteiger partial charge in [-0.3, -0.25) is 9.05 Å². The topological polar surface area (TPSA) is 35.5 Å². The summed E-state index contributed by atoms with van der Waals surface area (Å²) in [6.45, 7) is 1.85. The second kappa shape index (κ2) is 2.37. The van der Waals surface area contributed by atoms with E-state index in [1.165, 1.54) is 0 Å². The number of hydrogen-bond donors (Lipinski definition) is 0. The summed E-state index contributed by atoms with van der Waals surface area (Å²) in [4.78, 5) is 0. The maximum Gasteiger partial charge on any atom is 0.513 e. The molecule has 54 valence electrons. The number of halogens is 1. The Morgan fingerprint density at radius 1 is 1.78 bits per heavy atom. The Balaban J connectivity index is 2.51. The summed E-state index contributed by atoms with van der Waals surface area (Å²) in [5, 5.41) is 0. The highest BCUT2D eigenvalue weighted by Crippen LogP contribution is 2.53. The highest BCUT2D eigenvalue weighted by molar-refractivity contribution is 7.48. The van der Waals surface area contributed by atoms with Crippen LogP contribution in [0, 0.1) is 0 Å². The zero-order chi connectivity index (χ0) is 6.91. The van der Waals surface area contributed by atoms with Crippen LogP contribution in [0.3, 0.4) is 0 Å². The molecule has 0 unspecified atom stereocenters. The zero-order valence-electron chi connectivity index (χ0n) is 5.04. The van der Waals surface area contributed by atoms with E-state index < -0.39 is 7.91 Å². The smallest absolute Gasteiger partial charge is 0.283 e. The van der Waals surface area contributed by atoms with E-state index in [2.05, 4.69) is 9.05 Å². The molecule has 1 aliphatic heterocycles. The molecule has 0 aromatic carbocycles. The van der Waals surface area contributed by atoms with Crippen molar-refractivity contribution in [1.29, 1.82) is 0 Å². The first kappa shape index (κ1) is 7.19. The molecular weight excluding hydrogens is 146 g/mol. The second-order valence-corrected chi connectivity index (χ2v) is 3.30. The van der Waals surface area contributed by atoms with Gasteiger partial charge < -0.3 is 0 Å². The highest BCUT2D eigenvalue weighted by atomic mass is 31.2. The Kier molecular flexibility index (Phi) is 1.89. The standard InChI is InChI=1S/C4H8FO3P/c1-4-2-3-7-9(5,6)8-4/h4H,2-3H2,1H3/t4-,9-/m0/s1. The van der Waals surface area contributed by atoms with Gasteiger partial charge in [-0.1, -0.05) is 0 Å². The van der Waals surface area contributed by atoms with Crippen LogP contribution in [-0.4, -0.2) is 12.7 Å². The van der Waals surface area contributed by atoms with Crippen LogP contribution in [0.1, 0.15) is 13.3 Å². The molecule has 0 aliphatic carbocycles. The third-order valence-electron chi connectivity index (χ3n) is 1.08. The van der Waals surface area contributed by atoms with E-state index in [0.717, 1.165) is 0 Å². The summed E-state index contributed by atoms with van der Waals surface area (Å²) < 4.78 is 31.1. The van der Waals surface area contributed by atoms with E-state index in [0.29, 0.717) is 6.42 Å². The van der Waals surface area contributed by atoms with Crippen molar-refractivity contribution in [2.75, 3.05) is 6.61 Å². The lowest BCUT2D eigenvalue weighted by Crippen LogP contribution is -2.14. The van der Waals surface area contributed by atoms with Gasteiger partial charge in [0.05, 0.1) is 12.7 Å². The summed E-state index contributed by atoms with van der Waals surface area (Å²) in [7, 11) is -4.14. The first-order valence-corrected chi connectivity index (χ1v) is 4.16. The zero-order valence-corrected chi connectivity index (χ0v) is 5.94. The van der Waals surface area contributed by atoms with Crippen molar-refractivity contribution in [3.05, 3.63) is 0 Å². The fourth-order valence-corrected chi connectivity index (χ4v) is 1.55. The lowest BCUT2D eigenvalue weighted by Gasteiger charge is -2.20. The van der Waals surface area contributed by atoms with Gasteiger partial charge in [-0.15, -0.1) is 4.20 Å². The van der Waals surface area contributed by atoms with Crippen molar-refractivity contribution >= 4 is 7.91 Å². The Morgan fingerprint density at radius 2 is 2.44 bits per heavy atom. The van der Waals surface area contributed by atoms with Crippen LogP contribution in [0.4, 0.5) is 4.20 Å². The summed E-state index contributed by atoms with van der Waals surface area (Å²) in [6.07, 6.45) is 0.322. The van der Waals surface area contributed by atoms with Crippen molar-refractivity contribution in [3.8, 4) is 0 Å². The SMILES string of the molecule is C[C@H]1CCO[P@@](=O)(F)O1. The third-order valence-corrected chi connectivity index (χ3v) is 2.18. The fraction of sp³-hybridized carbons (Fsp3) is 1.00. The van der Waals surface area contributed by atoms with Crippen LogP contribution >= 0.6 is 7.91 Å². The normalized spacial score (nSPS) is 44.9. The molecule has 9 heavy (non-hydrogen) atoms. The lowest BCUT2D eigenvalue weighted by atomic mass is 10.3. The average Bonchev–Trinajstić information content (AvgIpc) is 1.60. The van der Waals surface area contributed by atoms with E-state index in [-0.39, 0.29) is 12.7 Å². The molecule has 0 radical (unpaired) electrons. The van der Waals surface area contributed by atoms with E-state index >= 15 is 0 Å². The largest absolute Gasteiger partial charge is 0.513 e. The summed E-state index contributed by atoms with van der Waals surface area (Å²) in [5.41, 5.74) is 0. The Morgan fingerprint density at radius 3 is 2.78 bits per heavy atom. The molecule has 1 aliphatic rings. The van der Waals surface area contributed by atoms with Crippen molar-refractivity contribution in [2.24, 2.45) is 0 Å². The van der Waals surface area contributed by atoms with Crippen LogP contribution < -0.4 is 0 Å². The molecule has 5 heteroatoms. The minimum atomic E-state index is -4.14. The van der Waals surface area contributed by atoms with Gasteiger partial charge in [-0.2, -0.15) is 0 Å². The Hall–Kier alpha value is 0.0800. The van der Waals surface area contributed by atoms with Gasteiger partial charge >= 0.3 is 7.91 Å². The maximum absolute atomic E-state index is 12.2. The predicted octanol–water partition coefficient (Wildman–Crippen LogP) is 1.89. The van der Waals surface area contributed by atoms with Crippen LogP contribution in [-0.2, 0) is 13.6 Å². The summed E-state index contributed by atoms with van der Waals surface area (Å²) in [6, 6.07) is 0. The fourth-order valence-electron chi connectivity index (χ4n) is 0.626. The van der Waals surface area contributed by atoms with Crippen molar-refractivity contribution in [2.45, 2.75) is 19.4 Å². The molecule has 1 fully saturated rings. The molecule has 0 saturated carbocycles. The summed E-state index contributed by atoms with van der Waals surface area (Å²) in [5.74, 6) is 0. The van der Waals surface area contributed by atoms with Crippen molar-refractivity contribution in [1.82, 2.24) is 0 Å². The van der Waals surface area contributed by atoms with Crippen LogP contribution in [0.15, 0.2) is 0 Å². The molecule has 2 atom stereocenters. The second-order valence-electron chi connectivity index (χ2n) is 1.97. The lowest BCUT2D eigenvalue weighted by molar-refractivity contribution is 0.0724. The van der Waals surface area contributed by atoms with Gasteiger partial charge in [-0.05, 0) is 13.3 Å². The maximum atomic E-state index is 12.2. The van der Waals surface area contributed by atoms with Gasteiger partial charge in [0, 0.05) is 0 Å². The molecule has 0 aromatic rings.